The van der Waals surface area contributed by atoms with E-state index in [0.29, 0.717) is 11.5 Å². The lowest BCUT2D eigenvalue weighted by atomic mass is 10.1. The summed E-state index contributed by atoms with van der Waals surface area (Å²) in [4.78, 5) is 29.0. The average Bonchev–Trinajstić information content (AvgIpc) is 3.52. The van der Waals surface area contributed by atoms with Crippen molar-refractivity contribution >= 4 is 27.5 Å². The average molecular weight is 594 g/mol. The summed E-state index contributed by atoms with van der Waals surface area (Å²) in [7, 11) is -1.24. The van der Waals surface area contributed by atoms with Gasteiger partial charge in [-0.25, -0.2) is 8.42 Å². The summed E-state index contributed by atoms with van der Waals surface area (Å²) in [6.07, 6.45) is 3.94. The number of sulfonamides is 1. The number of methoxy groups -OCH3 is 2. The highest BCUT2D eigenvalue weighted by molar-refractivity contribution is 7.92. The summed E-state index contributed by atoms with van der Waals surface area (Å²) in [6, 6.07) is 19.6. The van der Waals surface area contributed by atoms with E-state index in [4.69, 9.17) is 9.47 Å². The Morgan fingerprint density at radius 2 is 1.57 bits per heavy atom. The third-order valence-corrected chi connectivity index (χ3v) is 9.40. The van der Waals surface area contributed by atoms with Crippen molar-refractivity contribution in [3.05, 3.63) is 83.9 Å². The lowest BCUT2D eigenvalue weighted by Crippen LogP contribution is -2.52. The summed E-state index contributed by atoms with van der Waals surface area (Å²) >= 11 is 0. The van der Waals surface area contributed by atoms with Crippen LogP contribution in [0.2, 0.25) is 0 Å². The lowest BCUT2D eigenvalue weighted by Gasteiger charge is -2.32. The zero-order valence-electron chi connectivity index (χ0n) is 24.6. The summed E-state index contributed by atoms with van der Waals surface area (Å²) < 4.78 is 39.8. The van der Waals surface area contributed by atoms with E-state index >= 15 is 0 Å². The molecule has 0 heterocycles. The molecular weight excluding hydrogens is 554 g/mol. The standard InChI is InChI=1S/C32H39N3O6S/c1-23-14-16-25(17-15-23)21-34(24(2)32(37)33-26-10-8-9-11-26)31(36)22-35(42(38,39)28-12-6-5-7-13-28)27-18-19-29(40-3)30(20-27)41-4/h5-7,12-20,24,26H,8-11,21-22H2,1-4H3,(H,33,37). The monoisotopic (exact) mass is 593 g/mol. The van der Waals surface area contributed by atoms with Gasteiger partial charge in [0.25, 0.3) is 10.0 Å². The molecule has 1 aliphatic carbocycles. The van der Waals surface area contributed by atoms with Gasteiger partial charge in [-0.3, -0.25) is 13.9 Å². The van der Waals surface area contributed by atoms with Crippen LogP contribution in [0.15, 0.2) is 77.7 Å². The van der Waals surface area contributed by atoms with Crippen LogP contribution >= 0.6 is 0 Å². The molecule has 1 saturated carbocycles. The van der Waals surface area contributed by atoms with Gasteiger partial charge in [-0.1, -0.05) is 60.9 Å². The molecule has 3 aromatic carbocycles. The van der Waals surface area contributed by atoms with Crippen LogP contribution in [0.5, 0.6) is 11.5 Å². The second kappa shape index (κ2) is 13.7. The number of nitrogens with zero attached hydrogens (tertiary/aromatic N) is 2. The molecular formula is C32H39N3O6S. The van der Waals surface area contributed by atoms with Gasteiger partial charge in [-0.2, -0.15) is 0 Å². The molecule has 1 unspecified atom stereocenters. The molecule has 0 aromatic heterocycles. The summed E-state index contributed by atoms with van der Waals surface area (Å²) in [5.74, 6) is -0.0377. The Morgan fingerprint density at radius 1 is 0.929 bits per heavy atom. The van der Waals surface area contributed by atoms with Gasteiger partial charge in [-0.05, 0) is 56.5 Å². The fraction of sp³-hybridized carbons (Fsp3) is 0.375. The molecule has 3 aromatic rings. The first-order chi connectivity index (χ1) is 20.1. The van der Waals surface area contributed by atoms with Gasteiger partial charge in [0, 0.05) is 18.7 Å². The van der Waals surface area contributed by atoms with Crippen molar-refractivity contribution < 1.29 is 27.5 Å². The highest BCUT2D eigenvalue weighted by atomic mass is 32.2. The number of rotatable bonds is 12. The van der Waals surface area contributed by atoms with Gasteiger partial charge in [0.15, 0.2) is 11.5 Å². The first-order valence-corrected chi connectivity index (χ1v) is 15.5. The quantitative estimate of drug-likeness (QED) is 0.327. The van der Waals surface area contributed by atoms with E-state index in [1.165, 1.54) is 37.3 Å². The Kier molecular flexibility index (Phi) is 10.1. The maximum Gasteiger partial charge on any atom is 0.264 e. The van der Waals surface area contributed by atoms with Gasteiger partial charge in [0.2, 0.25) is 11.8 Å². The molecule has 1 atom stereocenters. The second-order valence-electron chi connectivity index (χ2n) is 10.5. The van der Waals surface area contributed by atoms with Crippen LogP contribution in [-0.4, -0.2) is 58.0 Å². The number of hydrogen-bond donors (Lipinski definition) is 1. The third-order valence-electron chi connectivity index (χ3n) is 7.61. The molecule has 1 fully saturated rings. The molecule has 9 nitrogen and oxygen atoms in total. The van der Waals surface area contributed by atoms with Crippen molar-refractivity contribution in [2.75, 3.05) is 25.1 Å². The smallest absolute Gasteiger partial charge is 0.264 e. The van der Waals surface area contributed by atoms with Gasteiger partial charge < -0.3 is 19.7 Å². The van der Waals surface area contributed by atoms with Crippen molar-refractivity contribution in [3.8, 4) is 11.5 Å². The van der Waals surface area contributed by atoms with Crippen molar-refractivity contribution in [2.45, 2.75) is 63.1 Å². The highest BCUT2D eigenvalue weighted by Crippen LogP contribution is 2.34. The molecule has 4 rings (SSSR count). The van der Waals surface area contributed by atoms with Crippen molar-refractivity contribution in [1.29, 1.82) is 0 Å². The fourth-order valence-electron chi connectivity index (χ4n) is 5.09. The molecule has 1 N–H and O–H groups in total. The van der Waals surface area contributed by atoms with E-state index in [9.17, 15) is 18.0 Å². The first-order valence-electron chi connectivity index (χ1n) is 14.1. The maximum absolute atomic E-state index is 14.1. The van der Waals surface area contributed by atoms with Gasteiger partial charge in [-0.15, -0.1) is 0 Å². The van der Waals surface area contributed by atoms with Gasteiger partial charge in [0.05, 0.1) is 24.8 Å². The van der Waals surface area contributed by atoms with Crippen molar-refractivity contribution in [3.63, 3.8) is 0 Å². The van der Waals surface area contributed by atoms with Crippen LogP contribution in [0.4, 0.5) is 5.69 Å². The van der Waals surface area contributed by atoms with Crippen LogP contribution in [0.25, 0.3) is 0 Å². The van der Waals surface area contributed by atoms with Gasteiger partial charge in [0.1, 0.15) is 12.6 Å². The Hall–Kier alpha value is -4.05. The van der Waals surface area contributed by atoms with Crippen LogP contribution in [0.3, 0.4) is 0 Å². The minimum atomic E-state index is -4.18. The molecule has 0 aliphatic heterocycles. The van der Waals surface area contributed by atoms with Crippen LogP contribution in [-0.2, 0) is 26.2 Å². The van der Waals surface area contributed by atoms with Gasteiger partial charge >= 0.3 is 0 Å². The van der Waals surface area contributed by atoms with Crippen LogP contribution < -0.4 is 19.1 Å². The summed E-state index contributed by atoms with van der Waals surface area (Å²) in [5.41, 5.74) is 2.12. The van der Waals surface area contributed by atoms with E-state index in [1.807, 2.05) is 31.2 Å². The number of carbonyl (C=O) groups excluding carboxylic acids is 2. The predicted molar refractivity (Wildman–Crippen MR) is 162 cm³/mol. The zero-order valence-corrected chi connectivity index (χ0v) is 25.4. The highest BCUT2D eigenvalue weighted by Gasteiger charge is 2.33. The molecule has 0 bridgehead atoms. The number of aryl methyl sites for hydroxylation is 1. The molecule has 0 radical (unpaired) electrons. The number of hydrogen-bond acceptors (Lipinski definition) is 6. The second-order valence-corrected chi connectivity index (χ2v) is 12.4. The number of anilines is 1. The lowest BCUT2D eigenvalue weighted by molar-refractivity contribution is -0.139. The van der Waals surface area contributed by atoms with E-state index in [1.54, 1.807) is 37.3 Å². The molecule has 0 saturated heterocycles. The molecule has 0 spiro atoms. The van der Waals surface area contributed by atoms with E-state index in [-0.39, 0.29) is 29.1 Å². The van der Waals surface area contributed by atoms with E-state index in [0.717, 1.165) is 41.1 Å². The van der Waals surface area contributed by atoms with Crippen LogP contribution in [0, 0.1) is 6.92 Å². The molecule has 1 aliphatic rings. The predicted octanol–water partition coefficient (Wildman–Crippen LogP) is 4.68. The maximum atomic E-state index is 14.1. The number of amides is 2. The fourth-order valence-corrected chi connectivity index (χ4v) is 6.52. The van der Waals surface area contributed by atoms with E-state index < -0.39 is 28.5 Å². The zero-order chi connectivity index (χ0) is 30.3. The Morgan fingerprint density at radius 3 is 2.19 bits per heavy atom. The number of ether oxygens (including phenoxy) is 2. The number of carbonyl (C=O) groups is 2. The SMILES string of the molecule is COc1ccc(N(CC(=O)N(Cc2ccc(C)cc2)C(C)C(=O)NC2CCCC2)S(=O)(=O)c2ccccc2)cc1OC. The van der Waals surface area contributed by atoms with Crippen molar-refractivity contribution in [1.82, 2.24) is 10.2 Å². The van der Waals surface area contributed by atoms with Crippen LogP contribution in [0.1, 0.15) is 43.7 Å². The Bertz CT molecular complexity index is 1470. The Labute approximate surface area is 248 Å². The Balaban J connectivity index is 1.71. The topological polar surface area (TPSA) is 105 Å². The van der Waals surface area contributed by atoms with E-state index in [2.05, 4.69) is 5.32 Å². The number of benzene rings is 3. The summed E-state index contributed by atoms with van der Waals surface area (Å²) in [6.45, 7) is 3.27. The minimum absolute atomic E-state index is 0.0321. The molecule has 2 amide bonds. The number of nitrogens with one attached hydrogen (secondary N) is 1. The third kappa shape index (κ3) is 7.23. The molecule has 42 heavy (non-hydrogen) atoms. The van der Waals surface area contributed by atoms with Crippen molar-refractivity contribution in [2.24, 2.45) is 0 Å². The molecule has 10 heteroatoms. The summed E-state index contributed by atoms with van der Waals surface area (Å²) in [5, 5.41) is 3.08. The largest absolute Gasteiger partial charge is 0.493 e. The normalized spacial score (nSPS) is 14.2. The minimum Gasteiger partial charge on any atom is -0.493 e. The molecule has 224 valence electrons. The first kappa shape index (κ1) is 30.9.